The number of hydrogen-bond acceptors (Lipinski definition) is 4. The largest absolute Gasteiger partial charge is 0.466 e. The van der Waals surface area contributed by atoms with Gasteiger partial charge in [-0.3, -0.25) is 4.79 Å². The van der Waals surface area contributed by atoms with Crippen LogP contribution < -0.4 is 0 Å². The Morgan fingerprint density at radius 3 is 2.60 bits per heavy atom. The van der Waals surface area contributed by atoms with Gasteiger partial charge in [0.2, 0.25) is 6.10 Å². The van der Waals surface area contributed by atoms with E-state index in [4.69, 9.17) is 9.47 Å². The van der Waals surface area contributed by atoms with E-state index in [1.54, 1.807) is 0 Å². The second-order valence-electron chi connectivity index (χ2n) is 4.63. The highest BCUT2D eigenvalue weighted by Crippen LogP contribution is 2.29. The van der Waals surface area contributed by atoms with Crippen LogP contribution in [-0.2, 0) is 19.1 Å². The zero-order valence-electron chi connectivity index (χ0n) is 11.7. The Bertz CT molecular complexity index is 632. The van der Waals surface area contributed by atoms with E-state index in [-0.39, 0.29) is 5.92 Å². The SMILES string of the molecule is COC(=O)[C@H](OC(C)=O)[C@@H](C)c1c[nH]c2ccccc12. The minimum Gasteiger partial charge on any atom is -0.466 e. The minimum absolute atomic E-state index is 0.303. The molecule has 0 aliphatic carbocycles. The Morgan fingerprint density at radius 1 is 1.25 bits per heavy atom. The minimum atomic E-state index is -0.947. The van der Waals surface area contributed by atoms with Crippen LogP contribution >= 0.6 is 0 Å². The van der Waals surface area contributed by atoms with Crippen molar-refractivity contribution in [2.75, 3.05) is 7.11 Å². The second kappa shape index (κ2) is 5.77. The van der Waals surface area contributed by atoms with Crippen LogP contribution in [0.3, 0.4) is 0 Å². The van der Waals surface area contributed by atoms with E-state index >= 15 is 0 Å². The average molecular weight is 275 g/mol. The third kappa shape index (κ3) is 2.66. The molecule has 106 valence electrons. The maximum absolute atomic E-state index is 11.8. The maximum atomic E-state index is 11.8. The van der Waals surface area contributed by atoms with Crippen molar-refractivity contribution in [1.29, 1.82) is 0 Å². The van der Waals surface area contributed by atoms with Crippen molar-refractivity contribution in [1.82, 2.24) is 4.98 Å². The van der Waals surface area contributed by atoms with Crippen LogP contribution in [0.1, 0.15) is 25.3 Å². The fourth-order valence-electron chi connectivity index (χ4n) is 2.28. The highest BCUT2D eigenvalue weighted by atomic mass is 16.6. The molecular formula is C15H17NO4. The molecule has 1 aromatic heterocycles. The Balaban J connectivity index is 2.38. The summed E-state index contributed by atoms with van der Waals surface area (Å²) in [7, 11) is 1.28. The van der Waals surface area contributed by atoms with Gasteiger partial charge in [0.15, 0.2) is 0 Å². The van der Waals surface area contributed by atoms with E-state index in [2.05, 4.69) is 4.98 Å². The average Bonchev–Trinajstić information content (AvgIpc) is 2.87. The van der Waals surface area contributed by atoms with Gasteiger partial charge < -0.3 is 14.5 Å². The van der Waals surface area contributed by atoms with E-state index in [9.17, 15) is 9.59 Å². The van der Waals surface area contributed by atoms with Gasteiger partial charge in [0.25, 0.3) is 0 Å². The quantitative estimate of drug-likeness (QED) is 0.870. The highest BCUT2D eigenvalue weighted by Gasteiger charge is 2.31. The van der Waals surface area contributed by atoms with Gasteiger partial charge in [-0.05, 0) is 11.6 Å². The monoisotopic (exact) mass is 275 g/mol. The molecule has 20 heavy (non-hydrogen) atoms. The first-order valence-corrected chi connectivity index (χ1v) is 6.35. The molecule has 0 aliphatic rings. The fraction of sp³-hybridized carbons (Fsp3) is 0.333. The molecule has 0 spiro atoms. The van der Waals surface area contributed by atoms with Gasteiger partial charge in [0.05, 0.1) is 7.11 Å². The standard InChI is InChI=1S/C15H17NO4/c1-9(14(15(18)19-3)20-10(2)17)12-8-16-13-7-5-4-6-11(12)13/h4-9,14,16H,1-3H3/t9-,14+/m0/s1. The van der Waals surface area contributed by atoms with Gasteiger partial charge in [0, 0.05) is 29.9 Å². The first-order valence-electron chi connectivity index (χ1n) is 6.35. The molecule has 2 rings (SSSR count). The van der Waals surface area contributed by atoms with Crippen molar-refractivity contribution in [3.63, 3.8) is 0 Å². The predicted molar refractivity (Wildman–Crippen MR) is 74.3 cm³/mol. The van der Waals surface area contributed by atoms with Crippen molar-refractivity contribution in [2.45, 2.75) is 25.9 Å². The summed E-state index contributed by atoms with van der Waals surface area (Å²) in [5.74, 6) is -1.37. The van der Waals surface area contributed by atoms with Gasteiger partial charge in [-0.15, -0.1) is 0 Å². The van der Waals surface area contributed by atoms with E-state index in [0.717, 1.165) is 16.5 Å². The number of ether oxygens (including phenoxy) is 2. The van der Waals surface area contributed by atoms with E-state index in [1.165, 1.54) is 14.0 Å². The smallest absolute Gasteiger partial charge is 0.347 e. The zero-order valence-corrected chi connectivity index (χ0v) is 11.7. The van der Waals surface area contributed by atoms with Crippen LogP contribution in [-0.4, -0.2) is 30.1 Å². The molecule has 1 aromatic carbocycles. The van der Waals surface area contributed by atoms with E-state index in [1.807, 2.05) is 37.4 Å². The molecule has 0 aliphatic heterocycles. The van der Waals surface area contributed by atoms with Gasteiger partial charge >= 0.3 is 11.9 Å². The number of hydrogen-bond donors (Lipinski definition) is 1. The summed E-state index contributed by atoms with van der Waals surface area (Å²) in [6.45, 7) is 3.11. The topological polar surface area (TPSA) is 68.4 Å². The Kier molecular flexibility index (Phi) is 4.08. The van der Waals surface area contributed by atoms with Crippen molar-refractivity contribution in [2.24, 2.45) is 0 Å². The number of carbonyl (C=O) groups excluding carboxylic acids is 2. The summed E-state index contributed by atoms with van der Waals surface area (Å²) in [4.78, 5) is 26.1. The number of para-hydroxylation sites is 1. The molecule has 1 N–H and O–H groups in total. The number of rotatable bonds is 4. The predicted octanol–water partition coefficient (Wildman–Crippen LogP) is 2.38. The molecular weight excluding hydrogens is 258 g/mol. The number of carbonyl (C=O) groups is 2. The number of fused-ring (bicyclic) bond motifs is 1. The van der Waals surface area contributed by atoms with Crippen molar-refractivity contribution in [3.05, 3.63) is 36.0 Å². The third-order valence-corrected chi connectivity index (χ3v) is 3.29. The lowest BCUT2D eigenvalue weighted by Gasteiger charge is -2.21. The fourth-order valence-corrected chi connectivity index (χ4v) is 2.28. The molecule has 5 heteroatoms. The number of H-pyrrole nitrogens is 1. The van der Waals surface area contributed by atoms with Crippen molar-refractivity contribution < 1.29 is 19.1 Å². The van der Waals surface area contributed by atoms with Gasteiger partial charge in [-0.1, -0.05) is 25.1 Å². The first-order chi connectivity index (χ1) is 9.54. The van der Waals surface area contributed by atoms with Gasteiger partial charge in [0.1, 0.15) is 0 Å². The highest BCUT2D eigenvalue weighted by molar-refractivity contribution is 5.86. The summed E-state index contributed by atoms with van der Waals surface area (Å²) < 4.78 is 9.83. The summed E-state index contributed by atoms with van der Waals surface area (Å²) in [6.07, 6.45) is 0.881. The Labute approximate surface area is 116 Å². The van der Waals surface area contributed by atoms with Crippen LogP contribution in [0.5, 0.6) is 0 Å². The third-order valence-electron chi connectivity index (χ3n) is 3.29. The first kappa shape index (κ1) is 14.1. The number of methoxy groups -OCH3 is 1. The number of esters is 2. The zero-order chi connectivity index (χ0) is 14.7. The molecule has 0 radical (unpaired) electrons. The van der Waals surface area contributed by atoms with Crippen LogP contribution in [0.2, 0.25) is 0 Å². The summed E-state index contributed by atoms with van der Waals surface area (Å²) in [5.41, 5.74) is 1.89. The van der Waals surface area contributed by atoms with Crippen LogP contribution in [0.15, 0.2) is 30.5 Å². The van der Waals surface area contributed by atoms with E-state index < -0.39 is 18.0 Å². The summed E-state index contributed by atoms with van der Waals surface area (Å²) in [6, 6.07) is 7.76. The van der Waals surface area contributed by atoms with Crippen LogP contribution in [0, 0.1) is 0 Å². The number of aromatic amines is 1. The molecule has 0 saturated carbocycles. The molecule has 0 unspecified atom stereocenters. The number of benzene rings is 1. The number of nitrogens with one attached hydrogen (secondary N) is 1. The molecule has 0 saturated heterocycles. The summed E-state index contributed by atoms with van der Waals surface area (Å²) in [5, 5.41) is 1.00. The molecule has 2 aromatic rings. The van der Waals surface area contributed by atoms with Crippen molar-refractivity contribution >= 4 is 22.8 Å². The lowest BCUT2D eigenvalue weighted by Crippen LogP contribution is -2.32. The number of aromatic nitrogens is 1. The molecule has 0 amide bonds. The lowest BCUT2D eigenvalue weighted by molar-refractivity contribution is -0.166. The van der Waals surface area contributed by atoms with Crippen LogP contribution in [0.4, 0.5) is 0 Å². The van der Waals surface area contributed by atoms with Gasteiger partial charge in [-0.2, -0.15) is 0 Å². The van der Waals surface area contributed by atoms with Gasteiger partial charge in [-0.25, -0.2) is 4.79 Å². The molecule has 0 fully saturated rings. The van der Waals surface area contributed by atoms with Crippen LogP contribution in [0.25, 0.3) is 10.9 Å². The Morgan fingerprint density at radius 2 is 1.95 bits per heavy atom. The van der Waals surface area contributed by atoms with E-state index in [0.29, 0.717) is 0 Å². The van der Waals surface area contributed by atoms with Crippen molar-refractivity contribution in [3.8, 4) is 0 Å². The lowest BCUT2D eigenvalue weighted by atomic mass is 9.94. The molecule has 1 heterocycles. The Hall–Kier alpha value is -2.30. The maximum Gasteiger partial charge on any atom is 0.347 e. The molecule has 0 bridgehead atoms. The second-order valence-corrected chi connectivity index (χ2v) is 4.63. The molecule has 2 atom stereocenters. The normalized spacial score (nSPS) is 13.8. The summed E-state index contributed by atoms with van der Waals surface area (Å²) >= 11 is 0. The molecule has 5 nitrogen and oxygen atoms in total.